The predicted octanol–water partition coefficient (Wildman–Crippen LogP) is 4.27. The van der Waals surface area contributed by atoms with Gasteiger partial charge in [0.15, 0.2) is 0 Å². The van der Waals surface area contributed by atoms with Crippen molar-refractivity contribution in [3.63, 3.8) is 0 Å². The fourth-order valence-corrected chi connectivity index (χ4v) is 2.59. The average molecular weight is 294 g/mol. The molecule has 1 unspecified atom stereocenters. The van der Waals surface area contributed by atoms with Gasteiger partial charge in [-0.15, -0.1) is 0 Å². The summed E-state index contributed by atoms with van der Waals surface area (Å²) in [4.78, 5) is 2.98. The van der Waals surface area contributed by atoms with Gasteiger partial charge in [-0.1, -0.05) is 12.1 Å². The molecule has 5 heteroatoms. The van der Waals surface area contributed by atoms with Crippen LogP contribution in [-0.4, -0.2) is 4.98 Å². The summed E-state index contributed by atoms with van der Waals surface area (Å²) >= 11 is 0. The van der Waals surface area contributed by atoms with Crippen LogP contribution in [0.5, 0.6) is 0 Å². The molecule has 0 radical (unpaired) electrons. The molecule has 1 aliphatic rings. The Labute approximate surface area is 121 Å². The first kappa shape index (κ1) is 14.2. The summed E-state index contributed by atoms with van der Waals surface area (Å²) in [6, 6.07) is 7.62. The van der Waals surface area contributed by atoms with E-state index in [1.54, 1.807) is 6.07 Å². The fourth-order valence-electron chi connectivity index (χ4n) is 2.59. The smallest absolute Gasteiger partial charge is 0.367 e. The minimum absolute atomic E-state index is 0.0119. The van der Waals surface area contributed by atoms with Gasteiger partial charge < -0.3 is 10.3 Å². The Balaban J connectivity index is 1.77. The molecule has 0 aliphatic heterocycles. The topological polar surface area (TPSA) is 27.8 Å². The molecule has 0 spiro atoms. The van der Waals surface area contributed by atoms with Crippen LogP contribution < -0.4 is 5.32 Å². The molecule has 1 atom stereocenters. The summed E-state index contributed by atoms with van der Waals surface area (Å²) in [5.41, 5.74) is 1.25. The summed E-state index contributed by atoms with van der Waals surface area (Å²) in [6.45, 7) is 0.654. The van der Waals surface area contributed by atoms with Gasteiger partial charge in [0, 0.05) is 25.0 Å². The molecule has 2 aromatic rings. The number of hydrogen-bond acceptors (Lipinski definition) is 1. The maximum Gasteiger partial charge on any atom is 0.416 e. The second kappa shape index (κ2) is 5.56. The van der Waals surface area contributed by atoms with Gasteiger partial charge in [-0.3, -0.25) is 0 Å². The fraction of sp³-hybridized carbons (Fsp3) is 0.375. The molecule has 3 rings (SSSR count). The Morgan fingerprint density at radius 3 is 2.67 bits per heavy atom. The van der Waals surface area contributed by atoms with E-state index in [9.17, 15) is 13.2 Å². The molecule has 1 aliphatic carbocycles. The van der Waals surface area contributed by atoms with Crippen LogP contribution in [0.25, 0.3) is 0 Å². The largest absolute Gasteiger partial charge is 0.416 e. The van der Waals surface area contributed by atoms with Gasteiger partial charge in [0.1, 0.15) is 0 Å². The Morgan fingerprint density at radius 2 is 2.05 bits per heavy atom. The minimum atomic E-state index is -4.29. The molecule has 0 saturated heterocycles. The zero-order valence-electron chi connectivity index (χ0n) is 11.5. The lowest BCUT2D eigenvalue weighted by atomic mass is 9.99. The number of aromatic amines is 1. The number of hydrogen-bond donors (Lipinski definition) is 2. The van der Waals surface area contributed by atoms with Crippen LogP contribution in [0.2, 0.25) is 0 Å². The van der Waals surface area contributed by atoms with Crippen molar-refractivity contribution in [1.82, 2.24) is 10.3 Å². The van der Waals surface area contributed by atoms with Gasteiger partial charge in [0.05, 0.1) is 5.56 Å². The number of benzene rings is 1. The van der Waals surface area contributed by atoms with Crippen LogP contribution in [-0.2, 0) is 12.7 Å². The third kappa shape index (κ3) is 3.47. The number of rotatable bonds is 5. The van der Waals surface area contributed by atoms with Crippen molar-refractivity contribution in [3.05, 3.63) is 59.4 Å². The normalized spacial score (nSPS) is 16.9. The predicted molar refractivity (Wildman–Crippen MR) is 74.5 cm³/mol. The Hall–Kier alpha value is -1.75. The molecule has 1 heterocycles. The lowest BCUT2D eigenvalue weighted by Crippen LogP contribution is -2.23. The molecule has 2 nitrogen and oxygen atoms in total. The molecule has 1 aromatic carbocycles. The first-order valence-electron chi connectivity index (χ1n) is 7.06. The van der Waals surface area contributed by atoms with Gasteiger partial charge >= 0.3 is 6.18 Å². The molecule has 2 N–H and O–H groups in total. The number of H-pyrrole nitrogens is 1. The van der Waals surface area contributed by atoms with Crippen LogP contribution in [0.4, 0.5) is 13.2 Å². The van der Waals surface area contributed by atoms with E-state index >= 15 is 0 Å². The molecule has 0 bridgehead atoms. The Kier molecular flexibility index (Phi) is 3.76. The third-order valence-corrected chi connectivity index (χ3v) is 3.85. The van der Waals surface area contributed by atoms with Gasteiger partial charge in [-0.2, -0.15) is 13.2 Å². The number of aromatic nitrogens is 1. The van der Waals surface area contributed by atoms with Crippen LogP contribution >= 0.6 is 0 Å². The summed E-state index contributed by atoms with van der Waals surface area (Å²) in [7, 11) is 0. The van der Waals surface area contributed by atoms with E-state index in [1.807, 2.05) is 18.5 Å². The van der Waals surface area contributed by atoms with Gasteiger partial charge in [0.25, 0.3) is 0 Å². The van der Waals surface area contributed by atoms with E-state index in [4.69, 9.17) is 0 Å². The second-order valence-electron chi connectivity index (χ2n) is 5.54. The SMILES string of the molecule is FC(F)(F)c1cccc(C(NCc2cc[nH]c2)C2CC2)c1. The first-order chi connectivity index (χ1) is 10.0. The molecule has 112 valence electrons. The highest BCUT2D eigenvalue weighted by Gasteiger charge is 2.35. The Bertz CT molecular complexity index is 586. The monoisotopic (exact) mass is 294 g/mol. The van der Waals surface area contributed by atoms with E-state index in [0.717, 1.165) is 30.0 Å². The number of nitrogens with one attached hydrogen (secondary N) is 2. The minimum Gasteiger partial charge on any atom is -0.367 e. The average Bonchev–Trinajstić information content (AvgIpc) is 3.14. The van der Waals surface area contributed by atoms with Crippen molar-refractivity contribution in [2.75, 3.05) is 0 Å². The molecule has 1 fully saturated rings. The van der Waals surface area contributed by atoms with Crippen molar-refractivity contribution in [3.8, 4) is 0 Å². The molecular weight excluding hydrogens is 277 g/mol. The molecular formula is C16H17F3N2. The molecule has 0 amide bonds. The van der Waals surface area contributed by atoms with Gasteiger partial charge in [-0.25, -0.2) is 0 Å². The summed E-state index contributed by atoms with van der Waals surface area (Å²) in [5, 5.41) is 3.39. The van der Waals surface area contributed by atoms with E-state index in [2.05, 4.69) is 10.3 Å². The van der Waals surface area contributed by atoms with Crippen LogP contribution in [0, 0.1) is 5.92 Å². The van der Waals surface area contributed by atoms with Crippen LogP contribution in [0.15, 0.2) is 42.7 Å². The van der Waals surface area contributed by atoms with Crippen molar-refractivity contribution in [2.45, 2.75) is 31.6 Å². The maximum absolute atomic E-state index is 12.8. The van der Waals surface area contributed by atoms with Gasteiger partial charge in [0.2, 0.25) is 0 Å². The quantitative estimate of drug-likeness (QED) is 0.846. The summed E-state index contributed by atoms with van der Waals surface area (Å²) in [5.74, 6) is 0.437. The van der Waals surface area contributed by atoms with E-state index in [0.29, 0.717) is 12.5 Å². The van der Waals surface area contributed by atoms with Crippen molar-refractivity contribution in [1.29, 1.82) is 0 Å². The Morgan fingerprint density at radius 1 is 1.24 bits per heavy atom. The first-order valence-corrected chi connectivity index (χ1v) is 7.06. The van der Waals surface area contributed by atoms with E-state index < -0.39 is 11.7 Å². The summed E-state index contributed by atoms with van der Waals surface area (Å²) < 4.78 is 38.5. The molecule has 21 heavy (non-hydrogen) atoms. The van der Waals surface area contributed by atoms with Crippen molar-refractivity contribution < 1.29 is 13.2 Å². The highest BCUT2D eigenvalue weighted by atomic mass is 19.4. The van der Waals surface area contributed by atoms with Gasteiger partial charge in [-0.05, 0) is 48.1 Å². The zero-order valence-corrected chi connectivity index (χ0v) is 11.5. The van der Waals surface area contributed by atoms with E-state index in [1.165, 1.54) is 12.1 Å². The van der Waals surface area contributed by atoms with Crippen LogP contribution in [0.1, 0.15) is 35.6 Å². The van der Waals surface area contributed by atoms with E-state index in [-0.39, 0.29) is 6.04 Å². The standard InChI is InChI=1S/C16H17F3N2/c17-16(18,19)14-3-1-2-13(8-14)15(12-4-5-12)21-10-11-6-7-20-9-11/h1-3,6-9,12,15,20-21H,4-5,10H2. The molecule has 1 aromatic heterocycles. The lowest BCUT2D eigenvalue weighted by molar-refractivity contribution is -0.137. The second-order valence-corrected chi connectivity index (χ2v) is 5.54. The zero-order chi connectivity index (χ0) is 14.9. The highest BCUT2D eigenvalue weighted by molar-refractivity contribution is 5.29. The summed E-state index contributed by atoms with van der Waals surface area (Å²) in [6.07, 6.45) is 1.59. The van der Waals surface area contributed by atoms with Crippen LogP contribution in [0.3, 0.4) is 0 Å². The maximum atomic E-state index is 12.8. The number of alkyl halides is 3. The third-order valence-electron chi connectivity index (χ3n) is 3.85. The highest BCUT2D eigenvalue weighted by Crippen LogP contribution is 2.42. The molecule has 1 saturated carbocycles. The van der Waals surface area contributed by atoms with Crippen molar-refractivity contribution >= 4 is 0 Å². The lowest BCUT2D eigenvalue weighted by Gasteiger charge is -2.20. The number of halogens is 3. The van der Waals surface area contributed by atoms with Crippen molar-refractivity contribution in [2.24, 2.45) is 5.92 Å².